The van der Waals surface area contributed by atoms with Gasteiger partial charge in [-0.1, -0.05) is 44.3 Å². The zero-order valence-corrected chi connectivity index (χ0v) is 18.9. The fourth-order valence-corrected chi connectivity index (χ4v) is 8.53. The Balaban J connectivity index is 1.29. The summed E-state index contributed by atoms with van der Waals surface area (Å²) in [6.45, 7) is 7.93. The van der Waals surface area contributed by atoms with Crippen LogP contribution in [0.3, 0.4) is 0 Å². The Bertz CT molecular complexity index is 798. The van der Waals surface area contributed by atoms with Crippen LogP contribution >= 0.6 is 0 Å². The normalized spacial score (nSPS) is 40.9. The van der Waals surface area contributed by atoms with Crippen LogP contribution in [0, 0.1) is 59.7 Å². The molecule has 0 N–H and O–H groups in total. The summed E-state index contributed by atoms with van der Waals surface area (Å²) < 4.78 is 2.00. The third kappa shape index (κ3) is 3.79. The number of nitrogens with zero attached hydrogens (tertiary/aromatic N) is 2. The van der Waals surface area contributed by atoms with Crippen LogP contribution in [-0.4, -0.2) is 9.78 Å². The summed E-state index contributed by atoms with van der Waals surface area (Å²) in [5.41, 5.74) is 2.27. The molecule has 0 radical (unpaired) electrons. The topological polar surface area (TPSA) is 17.8 Å². The van der Waals surface area contributed by atoms with Gasteiger partial charge in [-0.2, -0.15) is 5.10 Å². The van der Waals surface area contributed by atoms with E-state index < -0.39 is 0 Å². The van der Waals surface area contributed by atoms with E-state index in [1.165, 1.54) is 76.2 Å². The van der Waals surface area contributed by atoms with Gasteiger partial charge in [-0.3, -0.25) is 4.68 Å². The first-order valence-electron chi connectivity index (χ1n) is 12.8. The van der Waals surface area contributed by atoms with Crippen molar-refractivity contribution in [1.82, 2.24) is 9.78 Å². The summed E-state index contributed by atoms with van der Waals surface area (Å²) >= 11 is 0. The molecule has 2 nitrogen and oxygen atoms in total. The van der Waals surface area contributed by atoms with Crippen molar-refractivity contribution >= 4 is 0 Å². The molecular formula is C28H40N2. The van der Waals surface area contributed by atoms with Crippen LogP contribution in [0.5, 0.6) is 0 Å². The van der Waals surface area contributed by atoms with E-state index in [1.54, 1.807) is 6.20 Å². The average molecular weight is 405 g/mol. The summed E-state index contributed by atoms with van der Waals surface area (Å²) in [5, 5.41) is 4.46. The van der Waals surface area contributed by atoms with Crippen LogP contribution in [-0.2, 0) is 6.54 Å². The Hall–Kier alpha value is -1.49. The van der Waals surface area contributed by atoms with Gasteiger partial charge in [0.1, 0.15) is 0 Å². The van der Waals surface area contributed by atoms with Gasteiger partial charge >= 0.3 is 0 Å². The Morgan fingerprint density at radius 2 is 1.70 bits per heavy atom. The second-order valence-electron chi connectivity index (χ2n) is 11.3. The van der Waals surface area contributed by atoms with Crippen LogP contribution in [0.15, 0.2) is 24.5 Å². The number of hydrogen-bond acceptors (Lipinski definition) is 1. The van der Waals surface area contributed by atoms with Crippen molar-refractivity contribution in [3.63, 3.8) is 0 Å². The van der Waals surface area contributed by atoms with Crippen LogP contribution in [0.1, 0.15) is 83.1 Å². The highest BCUT2D eigenvalue weighted by atomic mass is 15.3. The minimum Gasteiger partial charge on any atom is -0.267 e. The molecule has 30 heavy (non-hydrogen) atoms. The SMILES string of the molecule is C#Cc1cnn(CC(=C)C2CCC[C@@H]3C2CCC2C4CCCC(C)CC4CCC23)c1. The maximum Gasteiger partial charge on any atom is 0.0646 e. The van der Waals surface area contributed by atoms with Gasteiger partial charge < -0.3 is 0 Å². The molecule has 0 amide bonds. The quantitative estimate of drug-likeness (QED) is 0.404. The Kier molecular flexibility index (Phi) is 5.83. The maximum absolute atomic E-state index is 5.52. The second-order valence-corrected chi connectivity index (χ2v) is 11.3. The van der Waals surface area contributed by atoms with Crippen molar-refractivity contribution < 1.29 is 0 Å². The monoisotopic (exact) mass is 404 g/mol. The zero-order chi connectivity index (χ0) is 20.7. The molecule has 1 aromatic rings. The zero-order valence-electron chi connectivity index (χ0n) is 18.9. The lowest BCUT2D eigenvalue weighted by Crippen LogP contribution is -2.47. The molecule has 7 unspecified atom stereocenters. The Morgan fingerprint density at radius 1 is 1.00 bits per heavy atom. The lowest BCUT2D eigenvalue weighted by atomic mass is 9.50. The summed E-state index contributed by atoms with van der Waals surface area (Å²) in [4.78, 5) is 0. The first-order valence-corrected chi connectivity index (χ1v) is 12.8. The Labute approximate surface area is 183 Å². The van der Waals surface area contributed by atoms with Crippen molar-refractivity contribution in [2.45, 2.75) is 84.1 Å². The summed E-state index contributed by atoms with van der Waals surface area (Å²) in [5.74, 6) is 10.3. The van der Waals surface area contributed by atoms with E-state index in [0.717, 1.165) is 53.5 Å². The molecule has 2 heteroatoms. The summed E-state index contributed by atoms with van der Waals surface area (Å²) in [6.07, 6.45) is 25.5. The summed E-state index contributed by atoms with van der Waals surface area (Å²) in [7, 11) is 0. The number of aromatic nitrogens is 2. The largest absolute Gasteiger partial charge is 0.267 e. The molecule has 0 spiro atoms. The number of hydrogen-bond donors (Lipinski definition) is 0. The highest BCUT2D eigenvalue weighted by Gasteiger charge is 2.50. The van der Waals surface area contributed by atoms with Crippen molar-refractivity contribution in [2.75, 3.05) is 0 Å². The highest BCUT2D eigenvalue weighted by molar-refractivity contribution is 5.26. The van der Waals surface area contributed by atoms with E-state index in [1.807, 2.05) is 10.9 Å². The molecule has 1 aromatic heterocycles. The van der Waals surface area contributed by atoms with E-state index in [2.05, 4.69) is 24.5 Å². The van der Waals surface area contributed by atoms with Crippen LogP contribution < -0.4 is 0 Å². The van der Waals surface area contributed by atoms with Gasteiger partial charge in [0.2, 0.25) is 0 Å². The second kappa shape index (κ2) is 8.57. The number of terminal acetylenes is 1. The fourth-order valence-electron chi connectivity index (χ4n) is 8.53. The minimum absolute atomic E-state index is 0.690. The van der Waals surface area contributed by atoms with E-state index in [9.17, 15) is 0 Å². The first-order chi connectivity index (χ1) is 14.6. The predicted molar refractivity (Wildman–Crippen MR) is 124 cm³/mol. The van der Waals surface area contributed by atoms with Crippen molar-refractivity contribution in [3.05, 3.63) is 30.1 Å². The molecule has 5 rings (SSSR count). The molecule has 1 heterocycles. The molecule has 4 fully saturated rings. The average Bonchev–Trinajstić information content (AvgIpc) is 3.12. The van der Waals surface area contributed by atoms with E-state index in [-0.39, 0.29) is 0 Å². The third-order valence-corrected chi connectivity index (χ3v) is 9.71. The lowest BCUT2D eigenvalue weighted by Gasteiger charge is -2.55. The number of allylic oxidation sites excluding steroid dienone is 1. The molecule has 0 aromatic carbocycles. The van der Waals surface area contributed by atoms with Crippen molar-refractivity contribution in [2.24, 2.45) is 47.3 Å². The van der Waals surface area contributed by atoms with Gasteiger partial charge in [0.25, 0.3) is 0 Å². The lowest BCUT2D eigenvalue weighted by molar-refractivity contribution is -0.0446. The molecule has 162 valence electrons. The highest BCUT2D eigenvalue weighted by Crippen LogP contribution is 2.58. The third-order valence-electron chi connectivity index (χ3n) is 9.71. The van der Waals surface area contributed by atoms with Gasteiger partial charge in [-0.25, -0.2) is 0 Å². The predicted octanol–water partition coefficient (Wildman–Crippen LogP) is 6.72. The molecule has 4 aliphatic rings. The smallest absolute Gasteiger partial charge is 0.0646 e. The maximum atomic E-state index is 5.52. The Morgan fingerprint density at radius 3 is 2.53 bits per heavy atom. The van der Waals surface area contributed by atoms with Gasteiger partial charge in [-0.15, -0.1) is 6.42 Å². The van der Waals surface area contributed by atoms with Gasteiger partial charge in [0.05, 0.1) is 18.3 Å². The first kappa shape index (κ1) is 20.4. The van der Waals surface area contributed by atoms with Crippen molar-refractivity contribution in [3.8, 4) is 12.3 Å². The van der Waals surface area contributed by atoms with E-state index >= 15 is 0 Å². The number of rotatable bonds is 3. The molecule has 0 saturated heterocycles. The minimum atomic E-state index is 0.690. The summed E-state index contributed by atoms with van der Waals surface area (Å²) in [6, 6.07) is 0. The van der Waals surface area contributed by atoms with Gasteiger partial charge in [0, 0.05) is 6.20 Å². The molecule has 4 saturated carbocycles. The molecule has 4 aliphatic carbocycles. The van der Waals surface area contributed by atoms with Crippen LogP contribution in [0.25, 0.3) is 0 Å². The molecule has 8 atom stereocenters. The standard InChI is InChI=1S/C28H40N2/c1-4-21-16-29-30(18-21)17-20(3)23-8-6-10-25-26(23)13-14-27-24-9-5-7-19(2)15-22(24)11-12-28(25)27/h1,16,18-19,22-28H,3,5-15,17H2,2H3/t19?,22?,23?,24?,25-,26?,27?,28?/m1/s1. The van der Waals surface area contributed by atoms with Crippen molar-refractivity contribution in [1.29, 1.82) is 0 Å². The molecule has 0 bridgehead atoms. The fraction of sp³-hybridized carbons (Fsp3) is 0.750. The molecular weight excluding hydrogens is 364 g/mol. The van der Waals surface area contributed by atoms with Crippen LogP contribution in [0.4, 0.5) is 0 Å². The number of fused-ring (bicyclic) bond motifs is 5. The molecule has 0 aliphatic heterocycles. The van der Waals surface area contributed by atoms with Gasteiger partial charge in [0.15, 0.2) is 0 Å². The van der Waals surface area contributed by atoms with Crippen LogP contribution in [0.2, 0.25) is 0 Å². The van der Waals surface area contributed by atoms with Gasteiger partial charge in [-0.05, 0) is 98.7 Å². The van der Waals surface area contributed by atoms with E-state index in [4.69, 9.17) is 6.42 Å². The van der Waals surface area contributed by atoms with E-state index in [0.29, 0.717) is 5.92 Å².